The Bertz CT molecular complexity index is 465. The molecule has 0 fully saturated rings. The number of rotatable bonds is 1. The first kappa shape index (κ1) is 9.52. The third-order valence-electron chi connectivity index (χ3n) is 2.43. The van der Waals surface area contributed by atoms with Gasteiger partial charge in [0.05, 0.1) is 4.90 Å². The second kappa shape index (κ2) is 2.98. The average molecular weight is 211 g/mol. The molecular weight excluding hydrogens is 198 g/mol. The normalized spacial score (nSPS) is 20.3. The van der Waals surface area contributed by atoms with E-state index < -0.39 is 9.84 Å². The van der Waals surface area contributed by atoms with Crippen LogP contribution < -0.4 is 5.32 Å². The third kappa shape index (κ3) is 1.62. The molecule has 1 aromatic carbocycles. The summed E-state index contributed by atoms with van der Waals surface area (Å²) in [5.41, 5.74) is 2.16. The van der Waals surface area contributed by atoms with Crippen LogP contribution in [0.4, 0.5) is 5.69 Å². The van der Waals surface area contributed by atoms with E-state index in [4.69, 9.17) is 0 Å². The van der Waals surface area contributed by atoms with E-state index in [1.54, 1.807) is 12.1 Å². The highest BCUT2D eigenvalue weighted by molar-refractivity contribution is 7.90. The van der Waals surface area contributed by atoms with Crippen molar-refractivity contribution in [1.29, 1.82) is 0 Å². The molecule has 4 heteroatoms. The Morgan fingerprint density at radius 3 is 2.79 bits per heavy atom. The highest BCUT2D eigenvalue weighted by atomic mass is 32.2. The molecule has 1 N–H and O–H groups in total. The van der Waals surface area contributed by atoms with Gasteiger partial charge in [-0.15, -0.1) is 0 Å². The second-order valence-electron chi connectivity index (χ2n) is 3.84. The van der Waals surface area contributed by atoms with Gasteiger partial charge in [0.1, 0.15) is 0 Å². The first-order valence-electron chi connectivity index (χ1n) is 4.56. The molecule has 0 saturated heterocycles. The summed E-state index contributed by atoms with van der Waals surface area (Å²) in [6.07, 6.45) is 2.14. The van der Waals surface area contributed by atoms with Crippen LogP contribution in [0.15, 0.2) is 23.1 Å². The van der Waals surface area contributed by atoms with E-state index in [2.05, 4.69) is 12.2 Å². The standard InChI is InChI=1S/C10H13NO2S/c1-7-5-8-6-9(14(2,12)13)3-4-10(8)11-7/h3-4,6-7,11H,5H2,1-2H3. The van der Waals surface area contributed by atoms with Crippen molar-refractivity contribution < 1.29 is 8.42 Å². The van der Waals surface area contributed by atoms with Crippen LogP contribution in [-0.2, 0) is 16.3 Å². The molecule has 1 aliphatic heterocycles. The van der Waals surface area contributed by atoms with Gasteiger partial charge in [0.2, 0.25) is 0 Å². The summed E-state index contributed by atoms with van der Waals surface area (Å²) >= 11 is 0. The van der Waals surface area contributed by atoms with Gasteiger partial charge in [-0.25, -0.2) is 8.42 Å². The Hall–Kier alpha value is -1.03. The van der Waals surface area contributed by atoms with E-state index in [1.807, 2.05) is 6.07 Å². The van der Waals surface area contributed by atoms with E-state index in [-0.39, 0.29) is 0 Å². The minimum absolute atomic E-state index is 0.403. The molecule has 0 amide bonds. The number of nitrogens with one attached hydrogen (secondary N) is 1. The summed E-state index contributed by atoms with van der Waals surface area (Å²) in [7, 11) is -3.07. The number of anilines is 1. The molecule has 0 saturated carbocycles. The van der Waals surface area contributed by atoms with Crippen LogP contribution in [0, 0.1) is 0 Å². The Kier molecular flexibility index (Phi) is 2.03. The van der Waals surface area contributed by atoms with E-state index in [1.165, 1.54) is 6.26 Å². The molecule has 1 unspecified atom stereocenters. The average Bonchev–Trinajstić information content (AvgIpc) is 2.41. The number of hydrogen-bond acceptors (Lipinski definition) is 3. The maximum absolute atomic E-state index is 11.3. The minimum Gasteiger partial charge on any atom is -0.382 e. The van der Waals surface area contributed by atoms with E-state index in [9.17, 15) is 8.42 Å². The quantitative estimate of drug-likeness (QED) is 0.764. The molecule has 0 spiro atoms. The van der Waals surface area contributed by atoms with Crippen LogP contribution in [0.2, 0.25) is 0 Å². The Balaban J connectivity index is 2.48. The van der Waals surface area contributed by atoms with Crippen LogP contribution in [0.3, 0.4) is 0 Å². The number of fused-ring (bicyclic) bond motifs is 1. The molecule has 1 aromatic rings. The highest BCUT2D eigenvalue weighted by Gasteiger charge is 2.18. The van der Waals surface area contributed by atoms with Crippen LogP contribution in [0.5, 0.6) is 0 Å². The van der Waals surface area contributed by atoms with Gasteiger partial charge in [0, 0.05) is 18.0 Å². The first-order valence-corrected chi connectivity index (χ1v) is 6.45. The monoisotopic (exact) mass is 211 g/mol. The second-order valence-corrected chi connectivity index (χ2v) is 5.86. The van der Waals surface area contributed by atoms with Crippen molar-refractivity contribution >= 4 is 15.5 Å². The molecule has 0 aliphatic carbocycles. The molecule has 76 valence electrons. The molecule has 1 aliphatic rings. The SMILES string of the molecule is CC1Cc2cc(S(C)(=O)=O)ccc2N1. The molecule has 1 heterocycles. The highest BCUT2D eigenvalue weighted by Crippen LogP contribution is 2.27. The zero-order valence-electron chi connectivity index (χ0n) is 8.24. The van der Waals surface area contributed by atoms with Crippen molar-refractivity contribution in [1.82, 2.24) is 0 Å². The summed E-state index contributed by atoms with van der Waals surface area (Å²) < 4.78 is 22.6. The lowest BCUT2D eigenvalue weighted by Crippen LogP contribution is -2.08. The van der Waals surface area contributed by atoms with Gasteiger partial charge in [-0.1, -0.05) is 0 Å². The molecular formula is C10H13NO2S. The lowest BCUT2D eigenvalue weighted by atomic mass is 10.1. The van der Waals surface area contributed by atoms with E-state index in [0.717, 1.165) is 17.7 Å². The lowest BCUT2D eigenvalue weighted by molar-refractivity contribution is 0.602. The fourth-order valence-corrected chi connectivity index (χ4v) is 2.43. The minimum atomic E-state index is -3.07. The lowest BCUT2D eigenvalue weighted by Gasteiger charge is -2.02. The van der Waals surface area contributed by atoms with Crippen LogP contribution >= 0.6 is 0 Å². The maximum Gasteiger partial charge on any atom is 0.175 e. The van der Waals surface area contributed by atoms with Crippen molar-refractivity contribution in [2.24, 2.45) is 0 Å². The maximum atomic E-state index is 11.3. The van der Waals surface area contributed by atoms with Crippen molar-refractivity contribution in [3.05, 3.63) is 23.8 Å². The van der Waals surface area contributed by atoms with Crippen molar-refractivity contribution in [2.75, 3.05) is 11.6 Å². The molecule has 0 bridgehead atoms. The predicted octanol–water partition coefficient (Wildman–Crippen LogP) is 1.45. The van der Waals surface area contributed by atoms with Crippen molar-refractivity contribution in [2.45, 2.75) is 24.3 Å². The Morgan fingerprint density at radius 1 is 1.43 bits per heavy atom. The van der Waals surface area contributed by atoms with Gasteiger partial charge in [-0.3, -0.25) is 0 Å². The number of sulfone groups is 1. The summed E-state index contributed by atoms with van der Waals surface area (Å²) in [5, 5.41) is 3.28. The summed E-state index contributed by atoms with van der Waals surface area (Å²) in [4.78, 5) is 0.409. The molecule has 2 rings (SSSR count). The Labute approximate surface area is 84.1 Å². The van der Waals surface area contributed by atoms with Crippen LogP contribution in [0.25, 0.3) is 0 Å². The van der Waals surface area contributed by atoms with E-state index >= 15 is 0 Å². The van der Waals surface area contributed by atoms with E-state index in [0.29, 0.717) is 10.9 Å². The smallest absolute Gasteiger partial charge is 0.175 e. The molecule has 1 atom stereocenters. The van der Waals surface area contributed by atoms with Gasteiger partial charge >= 0.3 is 0 Å². The molecule has 0 aromatic heterocycles. The summed E-state index contributed by atoms with van der Waals surface area (Å²) in [6.45, 7) is 2.08. The van der Waals surface area contributed by atoms with Gasteiger partial charge < -0.3 is 5.32 Å². The third-order valence-corrected chi connectivity index (χ3v) is 3.54. The fraction of sp³-hybridized carbons (Fsp3) is 0.400. The van der Waals surface area contributed by atoms with Gasteiger partial charge in [0.25, 0.3) is 0 Å². The summed E-state index contributed by atoms with van der Waals surface area (Å²) in [5.74, 6) is 0. The Morgan fingerprint density at radius 2 is 2.14 bits per heavy atom. The number of hydrogen-bond donors (Lipinski definition) is 1. The molecule has 0 radical (unpaired) electrons. The van der Waals surface area contributed by atoms with Crippen LogP contribution in [-0.4, -0.2) is 20.7 Å². The zero-order chi connectivity index (χ0) is 10.3. The topological polar surface area (TPSA) is 46.2 Å². The predicted molar refractivity (Wildman–Crippen MR) is 56.3 cm³/mol. The van der Waals surface area contributed by atoms with Crippen LogP contribution in [0.1, 0.15) is 12.5 Å². The first-order chi connectivity index (χ1) is 6.47. The van der Waals surface area contributed by atoms with Gasteiger partial charge in [-0.05, 0) is 37.1 Å². The van der Waals surface area contributed by atoms with Crippen molar-refractivity contribution in [3.63, 3.8) is 0 Å². The zero-order valence-corrected chi connectivity index (χ0v) is 9.06. The number of benzene rings is 1. The fourth-order valence-electron chi connectivity index (χ4n) is 1.76. The molecule has 3 nitrogen and oxygen atoms in total. The molecule has 14 heavy (non-hydrogen) atoms. The van der Waals surface area contributed by atoms with Gasteiger partial charge in [-0.2, -0.15) is 0 Å². The van der Waals surface area contributed by atoms with Gasteiger partial charge in [0.15, 0.2) is 9.84 Å². The summed E-state index contributed by atoms with van der Waals surface area (Å²) in [6, 6.07) is 5.66. The largest absolute Gasteiger partial charge is 0.382 e. The van der Waals surface area contributed by atoms with Crippen molar-refractivity contribution in [3.8, 4) is 0 Å².